The summed E-state index contributed by atoms with van der Waals surface area (Å²) in [5, 5.41) is 2.14. The highest BCUT2D eigenvalue weighted by Gasteiger charge is 2.21. The summed E-state index contributed by atoms with van der Waals surface area (Å²) >= 11 is 0. The Labute approximate surface area is 142 Å². The summed E-state index contributed by atoms with van der Waals surface area (Å²) in [5.41, 5.74) is 1.88. The second kappa shape index (κ2) is 6.73. The predicted molar refractivity (Wildman–Crippen MR) is 93.2 cm³/mol. The van der Waals surface area contributed by atoms with Gasteiger partial charge in [0.15, 0.2) is 0 Å². The van der Waals surface area contributed by atoms with Gasteiger partial charge in [0.1, 0.15) is 11.5 Å². The Balaban J connectivity index is 1.40. The molecule has 0 radical (unpaired) electrons. The van der Waals surface area contributed by atoms with E-state index in [0.29, 0.717) is 0 Å². The third-order valence-electron chi connectivity index (χ3n) is 4.56. The monoisotopic (exact) mass is 330 g/mol. The SMILES string of the molecule is [2H]C([2H])(F)CCOC1CCN(c2ccc3c(n2)[nH]c2ccncc23)CC1. The summed E-state index contributed by atoms with van der Waals surface area (Å²) < 4.78 is 32.3. The molecule has 0 atom stereocenters. The molecule has 0 amide bonds. The summed E-state index contributed by atoms with van der Waals surface area (Å²) in [5.74, 6) is 0.926. The number of ether oxygens (including phenoxy) is 1. The molecule has 1 aliphatic heterocycles. The number of aromatic amines is 1. The average molecular weight is 330 g/mol. The smallest absolute Gasteiger partial charge is 0.140 e. The number of nitrogens with zero attached hydrogens (tertiary/aromatic N) is 3. The van der Waals surface area contributed by atoms with Crippen molar-refractivity contribution in [1.29, 1.82) is 0 Å². The van der Waals surface area contributed by atoms with E-state index in [9.17, 15) is 4.39 Å². The van der Waals surface area contributed by atoms with Crippen LogP contribution in [0.2, 0.25) is 0 Å². The number of nitrogens with one attached hydrogen (secondary N) is 1. The Bertz CT molecular complexity index is 903. The van der Waals surface area contributed by atoms with E-state index >= 15 is 0 Å². The van der Waals surface area contributed by atoms with Crippen molar-refractivity contribution in [1.82, 2.24) is 15.0 Å². The van der Waals surface area contributed by atoms with Crippen LogP contribution in [0, 0.1) is 0 Å². The van der Waals surface area contributed by atoms with Gasteiger partial charge in [-0.1, -0.05) is 0 Å². The highest BCUT2D eigenvalue weighted by atomic mass is 19.1. The number of hydrogen-bond acceptors (Lipinski definition) is 4. The van der Waals surface area contributed by atoms with Crippen LogP contribution in [-0.4, -0.2) is 47.4 Å². The van der Waals surface area contributed by atoms with E-state index in [1.165, 1.54) is 0 Å². The number of fused-ring (bicyclic) bond motifs is 3. The first-order valence-corrected chi connectivity index (χ1v) is 8.27. The first-order chi connectivity index (χ1) is 12.5. The number of rotatable bonds is 5. The third-order valence-corrected chi connectivity index (χ3v) is 4.56. The van der Waals surface area contributed by atoms with Gasteiger partial charge in [-0.25, -0.2) is 4.98 Å². The maximum atomic E-state index is 12.9. The number of halogens is 1. The van der Waals surface area contributed by atoms with Crippen molar-refractivity contribution in [2.45, 2.75) is 25.4 Å². The molecular weight excluding hydrogens is 307 g/mol. The summed E-state index contributed by atoms with van der Waals surface area (Å²) in [6.45, 7) is -0.919. The fourth-order valence-corrected chi connectivity index (χ4v) is 3.30. The lowest BCUT2D eigenvalue weighted by atomic mass is 10.1. The molecule has 0 aliphatic carbocycles. The number of anilines is 1. The minimum atomic E-state index is -2.66. The molecule has 5 nitrogen and oxygen atoms in total. The van der Waals surface area contributed by atoms with Gasteiger partial charge in [-0.3, -0.25) is 9.37 Å². The van der Waals surface area contributed by atoms with Gasteiger partial charge in [0.2, 0.25) is 0 Å². The molecular formula is C18H21FN4O. The van der Waals surface area contributed by atoms with E-state index < -0.39 is 6.63 Å². The molecule has 4 rings (SSSR count). The number of piperidine rings is 1. The van der Waals surface area contributed by atoms with E-state index in [1.54, 1.807) is 6.20 Å². The molecule has 1 fully saturated rings. The second-order valence-corrected chi connectivity index (χ2v) is 6.05. The molecule has 1 saturated heterocycles. The van der Waals surface area contributed by atoms with Crippen molar-refractivity contribution in [3.8, 4) is 0 Å². The quantitative estimate of drug-likeness (QED) is 0.778. The Morgan fingerprint density at radius 1 is 1.29 bits per heavy atom. The van der Waals surface area contributed by atoms with Crippen LogP contribution in [0.15, 0.2) is 30.6 Å². The van der Waals surface area contributed by atoms with Crippen LogP contribution in [0.5, 0.6) is 0 Å². The topological polar surface area (TPSA) is 54.0 Å². The largest absolute Gasteiger partial charge is 0.378 e. The zero-order valence-corrected chi connectivity index (χ0v) is 13.3. The van der Waals surface area contributed by atoms with Gasteiger partial charge in [-0.15, -0.1) is 0 Å². The van der Waals surface area contributed by atoms with Crippen molar-refractivity contribution in [3.63, 3.8) is 0 Å². The zero-order chi connectivity index (χ0) is 18.1. The predicted octanol–water partition coefficient (Wildman–Crippen LogP) is 3.46. The van der Waals surface area contributed by atoms with Crippen LogP contribution in [-0.2, 0) is 4.74 Å². The van der Waals surface area contributed by atoms with E-state index in [-0.39, 0.29) is 19.1 Å². The lowest BCUT2D eigenvalue weighted by Gasteiger charge is -2.32. The summed E-state index contributed by atoms with van der Waals surface area (Å²) in [6, 6.07) is 6.05. The van der Waals surface area contributed by atoms with Gasteiger partial charge in [0.25, 0.3) is 0 Å². The second-order valence-electron chi connectivity index (χ2n) is 6.05. The highest BCUT2D eigenvalue weighted by Crippen LogP contribution is 2.27. The molecule has 126 valence electrons. The summed E-state index contributed by atoms with van der Waals surface area (Å²) in [4.78, 5) is 14.5. The number of hydrogen-bond donors (Lipinski definition) is 1. The van der Waals surface area contributed by atoms with Gasteiger partial charge in [0, 0.05) is 42.9 Å². The first-order valence-electron chi connectivity index (χ1n) is 9.27. The molecule has 0 aromatic carbocycles. The molecule has 0 bridgehead atoms. The summed E-state index contributed by atoms with van der Waals surface area (Å²) in [6.07, 6.45) is 5.09. The number of alkyl halides is 1. The fourth-order valence-electron chi connectivity index (χ4n) is 3.30. The lowest BCUT2D eigenvalue weighted by Crippen LogP contribution is -2.37. The van der Waals surface area contributed by atoms with Gasteiger partial charge in [-0.2, -0.15) is 0 Å². The van der Waals surface area contributed by atoms with Crippen LogP contribution in [0.3, 0.4) is 0 Å². The van der Waals surface area contributed by atoms with E-state index in [0.717, 1.165) is 53.7 Å². The summed E-state index contributed by atoms with van der Waals surface area (Å²) in [7, 11) is 0. The fraction of sp³-hybridized carbons (Fsp3) is 0.444. The molecule has 6 heteroatoms. The Morgan fingerprint density at radius 2 is 2.17 bits per heavy atom. The molecule has 3 aromatic rings. The molecule has 3 aromatic heterocycles. The van der Waals surface area contributed by atoms with Crippen molar-refractivity contribution >= 4 is 27.8 Å². The average Bonchev–Trinajstić information content (AvgIpc) is 2.99. The van der Waals surface area contributed by atoms with E-state index in [1.807, 2.05) is 18.3 Å². The van der Waals surface area contributed by atoms with Crippen LogP contribution in [0.4, 0.5) is 10.2 Å². The number of H-pyrrole nitrogens is 1. The molecule has 24 heavy (non-hydrogen) atoms. The number of aromatic nitrogens is 3. The van der Waals surface area contributed by atoms with Crippen LogP contribution in [0.25, 0.3) is 21.9 Å². The maximum Gasteiger partial charge on any atom is 0.140 e. The lowest BCUT2D eigenvalue weighted by molar-refractivity contribution is 0.0333. The van der Waals surface area contributed by atoms with Gasteiger partial charge >= 0.3 is 0 Å². The molecule has 1 aliphatic rings. The van der Waals surface area contributed by atoms with Crippen LogP contribution >= 0.6 is 0 Å². The normalized spacial score (nSPS) is 18.1. The van der Waals surface area contributed by atoms with Crippen LogP contribution in [0.1, 0.15) is 22.0 Å². The molecule has 1 N–H and O–H groups in total. The van der Waals surface area contributed by atoms with Crippen LogP contribution < -0.4 is 4.90 Å². The van der Waals surface area contributed by atoms with Crippen molar-refractivity contribution in [2.75, 3.05) is 31.2 Å². The maximum absolute atomic E-state index is 12.9. The van der Waals surface area contributed by atoms with Crippen molar-refractivity contribution < 1.29 is 11.9 Å². The van der Waals surface area contributed by atoms with Gasteiger partial charge < -0.3 is 14.6 Å². The Morgan fingerprint density at radius 3 is 3.00 bits per heavy atom. The standard InChI is InChI=1S/C18H21FN4O/c19-7-1-11-24-13-5-9-23(10-6-13)17-3-2-14-15-12-20-8-4-16(15)21-18(14)22-17/h2-4,8,12-13H,1,5-7,9-11H2,(H,21,22)/i7D2. The first kappa shape index (κ1) is 13.1. The van der Waals surface area contributed by atoms with E-state index in [4.69, 9.17) is 12.5 Å². The zero-order valence-electron chi connectivity index (χ0n) is 15.3. The third kappa shape index (κ3) is 2.94. The Hall–Kier alpha value is -2.21. The van der Waals surface area contributed by atoms with Crippen molar-refractivity contribution in [3.05, 3.63) is 30.6 Å². The minimum Gasteiger partial charge on any atom is -0.378 e. The molecule has 0 unspecified atom stereocenters. The number of pyridine rings is 2. The van der Waals surface area contributed by atoms with Gasteiger partial charge in [-0.05, 0) is 37.5 Å². The highest BCUT2D eigenvalue weighted by molar-refractivity contribution is 6.05. The molecule has 4 heterocycles. The minimum absolute atomic E-state index is 0.0523. The van der Waals surface area contributed by atoms with Crippen molar-refractivity contribution in [2.24, 2.45) is 0 Å². The van der Waals surface area contributed by atoms with Gasteiger partial charge in [0.05, 0.1) is 21.0 Å². The molecule has 0 saturated carbocycles. The molecule has 0 spiro atoms. The Kier molecular flexibility index (Phi) is 3.68. The van der Waals surface area contributed by atoms with E-state index in [2.05, 4.69) is 20.9 Å².